The van der Waals surface area contributed by atoms with Crippen molar-refractivity contribution in [2.75, 3.05) is 18.4 Å². The highest BCUT2D eigenvalue weighted by molar-refractivity contribution is 7.89. The highest BCUT2D eigenvalue weighted by atomic mass is 32.2. The maximum atomic E-state index is 15.2. The Hall–Kier alpha value is -4.58. The zero-order chi connectivity index (χ0) is 37.8. The largest absolute Gasteiger partial charge is 0.573 e. The molecule has 52 heavy (non-hydrogen) atoms. The number of sulfonamides is 1. The van der Waals surface area contributed by atoms with Crippen LogP contribution in [0.1, 0.15) is 42.4 Å². The van der Waals surface area contributed by atoms with E-state index < -0.39 is 75.4 Å². The van der Waals surface area contributed by atoms with Crippen LogP contribution in [0.4, 0.5) is 36.4 Å². The predicted molar refractivity (Wildman–Crippen MR) is 177 cm³/mol. The monoisotopic (exact) mass is 753 g/mol. The molecule has 1 aliphatic rings. The first-order valence-corrected chi connectivity index (χ1v) is 17.5. The Morgan fingerprint density at radius 3 is 2.25 bits per heavy atom. The number of ether oxygens (including phenoxy) is 1. The van der Waals surface area contributed by atoms with E-state index in [2.05, 4.69) is 20.4 Å². The molecule has 0 unspecified atom stereocenters. The van der Waals surface area contributed by atoms with Crippen molar-refractivity contribution in [3.8, 4) is 5.75 Å². The Balaban J connectivity index is 1.32. The van der Waals surface area contributed by atoms with Gasteiger partial charge in [-0.2, -0.15) is 4.31 Å². The van der Waals surface area contributed by atoms with E-state index in [-0.39, 0.29) is 53.1 Å². The van der Waals surface area contributed by atoms with E-state index in [1.807, 2.05) is 0 Å². The smallest absolute Gasteiger partial charge is 0.406 e. The maximum absolute atomic E-state index is 15.2. The van der Waals surface area contributed by atoms with Crippen molar-refractivity contribution in [2.45, 2.75) is 61.5 Å². The Bertz CT molecular complexity index is 1960. The van der Waals surface area contributed by atoms with Gasteiger partial charge in [-0.25, -0.2) is 26.0 Å². The van der Waals surface area contributed by atoms with E-state index in [0.717, 1.165) is 54.7 Å². The fourth-order valence-corrected chi connectivity index (χ4v) is 8.18. The molecule has 4 aromatic rings. The summed E-state index contributed by atoms with van der Waals surface area (Å²) in [5.74, 6) is -5.78. The number of piperazine rings is 1. The first kappa shape index (κ1) is 38.6. The first-order chi connectivity index (χ1) is 24.5. The Labute approximate surface area is 295 Å². The van der Waals surface area contributed by atoms with Crippen LogP contribution in [-0.2, 0) is 21.2 Å². The van der Waals surface area contributed by atoms with Crippen LogP contribution in [0.2, 0.25) is 0 Å². The van der Waals surface area contributed by atoms with E-state index in [0.29, 0.717) is 12.6 Å². The van der Waals surface area contributed by atoms with E-state index in [1.165, 1.54) is 22.6 Å². The number of halogens is 7. The van der Waals surface area contributed by atoms with Gasteiger partial charge in [0.25, 0.3) is 0 Å². The first-order valence-electron chi connectivity index (χ1n) is 16.0. The molecule has 1 aliphatic heterocycles. The number of aromatic nitrogens is 1. The fraction of sp³-hybridized carbons (Fsp3) is 0.314. The lowest BCUT2D eigenvalue weighted by Crippen LogP contribution is -2.58. The summed E-state index contributed by atoms with van der Waals surface area (Å²) in [4.78, 5) is 17.1. The Kier molecular flexibility index (Phi) is 11.9. The molecule has 9 nitrogen and oxygen atoms in total. The van der Waals surface area contributed by atoms with E-state index in [1.54, 1.807) is 6.92 Å². The molecular formula is C35H34F7N5O4S. The van der Waals surface area contributed by atoms with Crippen molar-refractivity contribution in [1.29, 1.82) is 0 Å². The number of benzene rings is 3. The molecule has 0 saturated carbocycles. The number of hydrogen-bond acceptors (Lipinski definition) is 7. The highest BCUT2D eigenvalue weighted by Gasteiger charge is 2.38. The summed E-state index contributed by atoms with van der Waals surface area (Å²) in [6, 6.07) is 8.73. The van der Waals surface area contributed by atoms with Gasteiger partial charge in [0.2, 0.25) is 15.9 Å². The topological polar surface area (TPSA) is 127 Å². The van der Waals surface area contributed by atoms with Crippen LogP contribution in [0, 0.1) is 23.3 Å². The minimum Gasteiger partial charge on any atom is -0.406 e. The Morgan fingerprint density at radius 2 is 1.62 bits per heavy atom. The molecule has 0 aliphatic carbocycles. The van der Waals surface area contributed by atoms with Crippen molar-refractivity contribution in [3.63, 3.8) is 0 Å². The van der Waals surface area contributed by atoms with Gasteiger partial charge in [-0.05, 0) is 85.8 Å². The molecule has 4 atom stereocenters. The number of nitrogens with zero attached hydrogens (tertiary/aromatic N) is 2. The lowest BCUT2D eigenvalue weighted by atomic mass is 9.84. The van der Waals surface area contributed by atoms with E-state index >= 15 is 4.39 Å². The molecular weight excluding hydrogens is 719 g/mol. The number of alkyl halides is 3. The second kappa shape index (κ2) is 16.0. The molecule has 4 N–H and O–H groups in total. The number of hydrogen-bond donors (Lipinski definition) is 3. The summed E-state index contributed by atoms with van der Waals surface area (Å²) in [6.07, 6.45) is -2.35. The molecule has 0 spiro atoms. The van der Waals surface area contributed by atoms with E-state index in [4.69, 9.17) is 5.73 Å². The van der Waals surface area contributed by atoms with Crippen molar-refractivity contribution < 1.29 is 48.7 Å². The zero-order valence-electron chi connectivity index (χ0n) is 27.5. The van der Waals surface area contributed by atoms with Crippen LogP contribution < -0.4 is 21.1 Å². The van der Waals surface area contributed by atoms with Gasteiger partial charge < -0.3 is 21.1 Å². The quantitative estimate of drug-likeness (QED) is 0.152. The van der Waals surface area contributed by atoms with Gasteiger partial charge in [0.15, 0.2) is 0 Å². The fourth-order valence-electron chi connectivity index (χ4n) is 6.33. The number of anilines is 1. The third kappa shape index (κ3) is 9.25. The lowest BCUT2D eigenvalue weighted by Gasteiger charge is -2.40. The minimum atomic E-state index is -4.95. The third-order valence-corrected chi connectivity index (χ3v) is 10.7. The Morgan fingerprint density at radius 1 is 0.962 bits per heavy atom. The summed E-state index contributed by atoms with van der Waals surface area (Å²) in [7, 11) is -4.19. The number of nitrogens with one attached hydrogen (secondary N) is 2. The van der Waals surface area contributed by atoms with Gasteiger partial charge in [0.1, 0.15) is 29.0 Å². The number of amides is 1. The minimum absolute atomic E-state index is 0.00441. The van der Waals surface area contributed by atoms with Crippen molar-refractivity contribution in [3.05, 3.63) is 119 Å². The standard InChI is InChI=1S/C35H34F7N5O4S/c1-20-16-44-17-26(47(20)52(49,50)28-11-9-27(10-12-28)51-35(40,41)42)3-2-4-29-30(39)18-45-19-31(29)46-34(48)33(43)32(21-5-7-23(36)8-6-21)22-13-24(37)15-25(38)14-22/h5-15,18-20,26,32-33,44H,2-4,16-17,43H2,1H3,(H,46,48)/t20-,26-,32-,33-/m0/s1. The molecule has 0 bridgehead atoms. The summed E-state index contributed by atoms with van der Waals surface area (Å²) < 4.78 is 128. The van der Waals surface area contributed by atoms with Crippen LogP contribution in [0.3, 0.4) is 0 Å². The normalized spacial score (nSPS) is 18.1. The van der Waals surface area contributed by atoms with Crippen LogP contribution in [0.5, 0.6) is 5.75 Å². The highest BCUT2D eigenvalue weighted by Crippen LogP contribution is 2.32. The molecule has 2 heterocycles. The summed E-state index contributed by atoms with van der Waals surface area (Å²) in [5.41, 5.74) is 6.65. The van der Waals surface area contributed by atoms with Crippen molar-refractivity contribution in [2.24, 2.45) is 5.73 Å². The van der Waals surface area contributed by atoms with Gasteiger partial charge in [-0.15, -0.1) is 13.2 Å². The number of carbonyl (C=O) groups excluding carboxylic acids is 1. The molecule has 1 aromatic heterocycles. The van der Waals surface area contributed by atoms with Crippen LogP contribution in [0.25, 0.3) is 0 Å². The molecule has 1 fully saturated rings. The van der Waals surface area contributed by atoms with Gasteiger partial charge in [0.05, 0.1) is 29.0 Å². The lowest BCUT2D eigenvalue weighted by molar-refractivity contribution is -0.274. The third-order valence-electron chi connectivity index (χ3n) is 8.61. The molecule has 1 saturated heterocycles. The average Bonchev–Trinajstić information content (AvgIpc) is 3.06. The number of nitrogens with two attached hydrogens (primary N) is 1. The van der Waals surface area contributed by atoms with Gasteiger partial charge >= 0.3 is 6.36 Å². The van der Waals surface area contributed by atoms with Crippen LogP contribution in [-0.4, -0.2) is 61.2 Å². The summed E-state index contributed by atoms with van der Waals surface area (Å²) >= 11 is 0. The SMILES string of the molecule is C[C@H]1CNC[C@H](CCCc2c(F)cncc2NC(=O)[C@@H](N)[C@@H](c2ccc(F)cc2)c2cc(F)cc(F)c2)N1S(=O)(=O)c1ccc(OC(F)(F)F)cc1. The number of pyridine rings is 1. The summed E-state index contributed by atoms with van der Waals surface area (Å²) in [5, 5.41) is 5.71. The summed E-state index contributed by atoms with van der Waals surface area (Å²) in [6.45, 7) is 2.22. The van der Waals surface area contributed by atoms with Gasteiger partial charge in [-0.3, -0.25) is 9.78 Å². The second-order valence-electron chi connectivity index (χ2n) is 12.3. The zero-order valence-corrected chi connectivity index (χ0v) is 28.3. The van der Waals surface area contributed by atoms with Crippen molar-refractivity contribution in [1.82, 2.24) is 14.6 Å². The van der Waals surface area contributed by atoms with Crippen LogP contribution >= 0.6 is 0 Å². The number of rotatable bonds is 12. The predicted octanol–water partition coefficient (Wildman–Crippen LogP) is 6.01. The van der Waals surface area contributed by atoms with Gasteiger partial charge in [-0.1, -0.05) is 12.1 Å². The maximum Gasteiger partial charge on any atom is 0.573 e. The second-order valence-corrected chi connectivity index (χ2v) is 14.1. The van der Waals surface area contributed by atoms with Crippen molar-refractivity contribution >= 4 is 21.6 Å². The number of carbonyl (C=O) groups is 1. The van der Waals surface area contributed by atoms with Gasteiger partial charge in [0, 0.05) is 42.7 Å². The molecule has 5 rings (SSSR count). The van der Waals surface area contributed by atoms with E-state index in [9.17, 15) is 39.6 Å². The average molecular weight is 754 g/mol. The molecule has 3 aromatic carbocycles. The van der Waals surface area contributed by atoms with Crippen LogP contribution in [0.15, 0.2) is 84.0 Å². The molecule has 1 amide bonds. The molecule has 0 radical (unpaired) electrons. The molecule has 17 heteroatoms. The molecule has 278 valence electrons.